The minimum atomic E-state index is -0.915. The maximum absolute atomic E-state index is 13.3. The van der Waals surface area contributed by atoms with Gasteiger partial charge in [0, 0.05) is 5.56 Å². The SMILES string of the molecule is CC[C@H](C)[C@@H](C=O)OCc1cccc(F)c1F. The van der Waals surface area contributed by atoms with E-state index in [9.17, 15) is 13.6 Å². The highest BCUT2D eigenvalue weighted by atomic mass is 19.2. The van der Waals surface area contributed by atoms with E-state index in [1.165, 1.54) is 12.1 Å². The molecule has 0 heterocycles. The number of benzene rings is 1. The molecule has 1 aromatic carbocycles. The van der Waals surface area contributed by atoms with Crippen molar-refractivity contribution in [3.05, 3.63) is 35.4 Å². The summed E-state index contributed by atoms with van der Waals surface area (Å²) >= 11 is 0. The fourth-order valence-electron chi connectivity index (χ4n) is 1.42. The molecule has 2 nitrogen and oxygen atoms in total. The van der Waals surface area contributed by atoms with Crippen LogP contribution in [0.5, 0.6) is 0 Å². The number of carbonyl (C=O) groups is 1. The third kappa shape index (κ3) is 3.60. The molecule has 2 atom stereocenters. The molecule has 0 aliphatic rings. The van der Waals surface area contributed by atoms with Crippen LogP contribution in [0.1, 0.15) is 25.8 Å². The summed E-state index contributed by atoms with van der Waals surface area (Å²) in [7, 11) is 0. The largest absolute Gasteiger partial charge is 0.366 e. The molecule has 0 radical (unpaired) electrons. The Bertz CT molecular complexity index is 380. The molecule has 0 unspecified atom stereocenters. The van der Waals surface area contributed by atoms with Crippen molar-refractivity contribution in [1.82, 2.24) is 0 Å². The van der Waals surface area contributed by atoms with Gasteiger partial charge in [-0.2, -0.15) is 0 Å². The van der Waals surface area contributed by atoms with Gasteiger partial charge in [-0.05, 0) is 12.0 Å². The first-order valence-electron chi connectivity index (χ1n) is 5.59. The number of carbonyl (C=O) groups excluding carboxylic acids is 1. The number of halogens is 2. The second-order valence-electron chi connectivity index (χ2n) is 4.01. The standard InChI is InChI=1S/C13H16F2O2/c1-3-9(2)12(7-16)17-8-10-5-4-6-11(14)13(10)15/h4-7,9,12H,3,8H2,1-2H3/t9-,12+/m0/s1. The molecule has 0 saturated heterocycles. The molecule has 0 saturated carbocycles. The highest BCUT2D eigenvalue weighted by Crippen LogP contribution is 2.16. The van der Waals surface area contributed by atoms with Crippen LogP contribution in [0.3, 0.4) is 0 Å². The van der Waals surface area contributed by atoms with Crippen molar-refractivity contribution >= 4 is 6.29 Å². The van der Waals surface area contributed by atoms with E-state index in [0.717, 1.165) is 12.5 Å². The summed E-state index contributed by atoms with van der Waals surface area (Å²) in [5, 5.41) is 0. The Kier molecular flexibility index (Phi) is 5.22. The van der Waals surface area contributed by atoms with Crippen molar-refractivity contribution < 1.29 is 18.3 Å². The molecule has 0 bridgehead atoms. The van der Waals surface area contributed by atoms with E-state index in [1.54, 1.807) is 0 Å². The zero-order valence-electron chi connectivity index (χ0n) is 9.95. The minimum absolute atomic E-state index is 0.0594. The minimum Gasteiger partial charge on any atom is -0.366 e. The topological polar surface area (TPSA) is 26.3 Å². The third-order valence-electron chi connectivity index (χ3n) is 2.80. The van der Waals surface area contributed by atoms with Crippen molar-refractivity contribution in [2.24, 2.45) is 5.92 Å². The average molecular weight is 242 g/mol. The van der Waals surface area contributed by atoms with E-state index in [4.69, 9.17) is 4.74 Å². The lowest BCUT2D eigenvalue weighted by Gasteiger charge is -2.17. The average Bonchev–Trinajstić information content (AvgIpc) is 2.34. The lowest BCUT2D eigenvalue weighted by Crippen LogP contribution is -2.23. The first-order valence-corrected chi connectivity index (χ1v) is 5.59. The van der Waals surface area contributed by atoms with Gasteiger partial charge in [0.25, 0.3) is 0 Å². The van der Waals surface area contributed by atoms with Gasteiger partial charge in [-0.1, -0.05) is 32.4 Å². The first kappa shape index (κ1) is 13.8. The summed E-state index contributed by atoms with van der Waals surface area (Å²) in [6.07, 6.45) is 0.906. The zero-order valence-corrected chi connectivity index (χ0v) is 9.95. The summed E-state index contributed by atoms with van der Waals surface area (Å²) in [5.41, 5.74) is 0.125. The Balaban J connectivity index is 2.66. The summed E-state index contributed by atoms with van der Waals surface area (Å²) in [5.74, 6) is -1.76. The summed E-state index contributed by atoms with van der Waals surface area (Å²) in [6, 6.07) is 3.90. The monoisotopic (exact) mass is 242 g/mol. The predicted molar refractivity (Wildman–Crippen MR) is 60.5 cm³/mol. The number of aldehydes is 1. The molecule has 17 heavy (non-hydrogen) atoms. The summed E-state index contributed by atoms with van der Waals surface area (Å²) < 4.78 is 31.5. The van der Waals surface area contributed by atoms with Gasteiger partial charge in [0.05, 0.1) is 6.61 Å². The fraction of sp³-hybridized carbons (Fsp3) is 0.462. The van der Waals surface area contributed by atoms with Crippen LogP contribution in [0, 0.1) is 17.6 Å². The zero-order chi connectivity index (χ0) is 12.8. The fourth-order valence-corrected chi connectivity index (χ4v) is 1.42. The predicted octanol–water partition coefficient (Wildman–Crippen LogP) is 3.10. The van der Waals surface area contributed by atoms with Gasteiger partial charge in [0.1, 0.15) is 12.4 Å². The lowest BCUT2D eigenvalue weighted by molar-refractivity contribution is -0.122. The number of rotatable bonds is 6. The molecule has 1 rings (SSSR count). The van der Waals surface area contributed by atoms with Crippen LogP contribution in [0.15, 0.2) is 18.2 Å². The highest BCUT2D eigenvalue weighted by Gasteiger charge is 2.16. The molecule has 4 heteroatoms. The second-order valence-corrected chi connectivity index (χ2v) is 4.01. The van der Waals surface area contributed by atoms with Crippen LogP contribution < -0.4 is 0 Å². The maximum atomic E-state index is 13.3. The molecule has 0 N–H and O–H groups in total. The van der Waals surface area contributed by atoms with Gasteiger partial charge in [-0.3, -0.25) is 0 Å². The van der Waals surface area contributed by atoms with Crippen molar-refractivity contribution in [2.75, 3.05) is 0 Å². The van der Waals surface area contributed by atoms with E-state index in [1.807, 2.05) is 13.8 Å². The number of ether oxygens (including phenoxy) is 1. The number of hydrogen-bond acceptors (Lipinski definition) is 2. The quantitative estimate of drug-likeness (QED) is 0.716. The Labute approximate surface area is 99.6 Å². The summed E-state index contributed by atoms with van der Waals surface area (Å²) in [4.78, 5) is 10.8. The third-order valence-corrected chi connectivity index (χ3v) is 2.80. The molecule has 0 aliphatic heterocycles. The molecular formula is C13H16F2O2. The van der Waals surface area contributed by atoms with Gasteiger partial charge >= 0.3 is 0 Å². The Morgan fingerprint density at radius 1 is 1.41 bits per heavy atom. The van der Waals surface area contributed by atoms with Gasteiger partial charge in [-0.25, -0.2) is 8.78 Å². The normalized spacial score (nSPS) is 14.4. The van der Waals surface area contributed by atoms with E-state index >= 15 is 0 Å². The van der Waals surface area contributed by atoms with Crippen LogP contribution >= 0.6 is 0 Å². The van der Waals surface area contributed by atoms with Gasteiger partial charge in [0.2, 0.25) is 0 Å². The molecule has 1 aromatic rings. The number of hydrogen-bond donors (Lipinski definition) is 0. The molecule has 94 valence electrons. The van der Waals surface area contributed by atoms with Gasteiger partial charge in [-0.15, -0.1) is 0 Å². The smallest absolute Gasteiger partial charge is 0.164 e. The molecule has 0 aliphatic carbocycles. The van der Waals surface area contributed by atoms with Crippen LogP contribution in [-0.2, 0) is 16.1 Å². The van der Waals surface area contributed by atoms with E-state index in [2.05, 4.69) is 0 Å². The van der Waals surface area contributed by atoms with Gasteiger partial charge in [0.15, 0.2) is 11.6 Å². The Hall–Kier alpha value is -1.29. The van der Waals surface area contributed by atoms with Crippen LogP contribution in [-0.4, -0.2) is 12.4 Å². The van der Waals surface area contributed by atoms with E-state index in [-0.39, 0.29) is 18.1 Å². The van der Waals surface area contributed by atoms with Crippen LogP contribution in [0.2, 0.25) is 0 Å². The summed E-state index contributed by atoms with van der Waals surface area (Å²) in [6.45, 7) is 3.71. The molecule has 0 fully saturated rings. The highest BCUT2D eigenvalue weighted by molar-refractivity contribution is 5.56. The van der Waals surface area contributed by atoms with Crippen molar-refractivity contribution in [3.8, 4) is 0 Å². The van der Waals surface area contributed by atoms with Crippen LogP contribution in [0.4, 0.5) is 8.78 Å². The van der Waals surface area contributed by atoms with E-state index < -0.39 is 17.7 Å². The maximum Gasteiger partial charge on any atom is 0.164 e. The lowest BCUT2D eigenvalue weighted by atomic mass is 10.0. The molecule has 0 amide bonds. The van der Waals surface area contributed by atoms with E-state index in [0.29, 0.717) is 6.29 Å². The Morgan fingerprint density at radius 3 is 2.71 bits per heavy atom. The Morgan fingerprint density at radius 2 is 2.12 bits per heavy atom. The van der Waals surface area contributed by atoms with Crippen molar-refractivity contribution in [3.63, 3.8) is 0 Å². The van der Waals surface area contributed by atoms with Crippen LogP contribution in [0.25, 0.3) is 0 Å². The molecular weight excluding hydrogens is 226 g/mol. The second kappa shape index (κ2) is 6.45. The molecule has 0 aromatic heterocycles. The van der Waals surface area contributed by atoms with Crippen molar-refractivity contribution in [1.29, 1.82) is 0 Å². The first-order chi connectivity index (χ1) is 8.10. The van der Waals surface area contributed by atoms with Crippen molar-refractivity contribution in [2.45, 2.75) is 33.0 Å². The van der Waals surface area contributed by atoms with Gasteiger partial charge < -0.3 is 9.53 Å². The molecule has 0 spiro atoms.